The van der Waals surface area contributed by atoms with Gasteiger partial charge >= 0.3 is 0 Å². The van der Waals surface area contributed by atoms with Crippen LogP contribution in [0.3, 0.4) is 0 Å². The minimum Gasteiger partial charge on any atom is -0.399 e. The molecule has 0 saturated carbocycles. The minimum absolute atomic E-state index is 0.106. The lowest BCUT2D eigenvalue weighted by Crippen LogP contribution is -2.34. The maximum atomic E-state index is 13.3. The standard InChI is InChI=1S/C9H13FN2O4S/c10-8-2-1-6(11)3-9(8)17(15,16)12-4-7(14)5-13/h1-3,7,12-14H,4-5,11H2. The average Bonchev–Trinajstić information content (AvgIpc) is 2.29. The first kappa shape index (κ1) is 13.8. The van der Waals surface area contributed by atoms with E-state index in [4.69, 9.17) is 15.9 Å². The molecule has 0 bridgehead atoms. The molecule has 5 N–H and O–H groups in total. The van der Waals surface area contributed by atoms with Gasteiger partial charge in [0.05, 0.1) is 12.7 Å². The number of aliphatic hydroxyl groups excluding tert-OH is 2. The molecule has 0 spiro atoms. The van der Waals surface area contributed by atoms with Crippen LogP contribution in [0.25, 0.3) is 0 Å². The first-order valence-corrected chi connectivity index (χ1v) is 6.18. The third-order valence-corrected chi connectivity index (χ3v) is 3.40. The molecule has 0 aliphatic carbocycles. The van der Waals surface area contributed by atoms with Crippen molar-refractivity contribution >= 4 is 15.7 Å². The molecule has 1 aromatic carbocycles. The second kappa shape index (κ2) is 5.41. The Hall–Kier alpha value is -1.22. The molecule has 0 aromatic heterocycles. The van der Waals surface area contributed by atoms with Gasteiger partial charge in [-0.2, -0.15) is 0 Å². The van der Waals surface area contributed by atoms with E-state index in [-0.39, 0.29) is 5.69 Å². The Kier molecular flexibility index (Phi) is 4.40. The van der Waals surface area contributed by atoms with E-state index in [0.717, 1.165) is 12.1 Å². The second-order valence-corrected chi connectivity index (χ2v) is 5.11. The predicted molar refractivity (Wildman–Crippen MR) is 59.1 cm³/mol. The van der Waals surface area contributed by atoms with Crippen molar-refractivity contribution in [1.29, 1.82) is 0 Å². The Balaban J connectivity index is 2.93. The molecule has 0 aliphatic rings. The van der Waals surface area contributed by atoms with E-state index in [1.165, 1.54) is 6.07 Å². The van der Waals surface area contributed by atoms with E-state index in [0.29, 0.717) is 0 Å². The lowest BCUT2D eigenvalue weighted by Gasteiger charge is -2.10. The number of aliphatic hydroxyl groups is 2. The largest absolute Gasteiger partial charge is 0.399 e. The van der Waals surface area contributed by atoms with E-state index >= 15 is 0 Å². The Bertz CT molecular complexity index is 492. The monoisotopic (exact) mass is 264 g/mol. The van der Waals surface area contributed by atoms with Crippen molar-refractivity contribution < 1.29 is 23.0 Å². The molecular weight excluding hydrogens is 251 g/mol. The van der Waals surface area contributed by atoms with Gasteiger partial charge in [0.25, 0.3) is 0 Å². The zero-order chi connectivity index (χ0) is 13.1. The van der Waals surface area contributed by atoms with Crippen molar-refractivity contribution in [3.63, 3.8) is 0 Å². The molecule has 0 saturated heterocycles. The summed E-state index contributed by atoms with van der Waals surface area (Å²) in [6, 6.07) is 3.15. The van der Waals surface area contributed by atoms with Gasteiger partial charge in [0.1, 0.15) is 10.7 Å². The molecular formula is C9H13FN2O4S. The van der Waals surface area contributed by atoms with Crippen LogP contribution in [0.2, 0.25) is 0 Å². The number of nitrogens with one attached hydrogen (secondary N) is 1. The summed E-state index contributed by atoms with van der Waals surface area (Å²) < 4.78 is 38.5. The van der Waals surface area contributed by atoms with Gasteiger partial charge in [0, 0.05) is 12.2 Å². The Morgan fingerprint density at radius 1 is 1.47 bits per heavy atom. The van der Waals surface area contributed by atoms with Crippen LogP contribution in [0, 0.1) is 5.82 Å². The predicted octanol–water partition coefficient (Wildman–Crippen LogP) is -0.961. The maximum Gasteiger partial charge on any atom is 0.243 e. The Morgan fingerprint density at radius 3 is 2.71 bits per heavy atom. The van der Waals surface area contributed by atoms with Gasteiger partial charge in [-0.25, -0.2) is 17.5 Å². The molecule has 17 heavy (non-hydrogen) atoms. The lowest BCUT2D eigenvalue weighted by atomic mass is 10.3. The topological polar surface area (TPSA) is 113 Å². The molecule has 0 fully saturated rings. The third kappa shape index (κ3) is 3.63. The summed E-state index contributed by atoms with van der Waals surface area (Å²) in [6.45, 7) is -1.00. The van der Waals surface area contributed by atoms with Crippen LogP contribution in [0.4, 0.5) is 10.1 Å². The first-order chi connectivity index (χ1) is 7.86. The SMILES string of the molecule is Nc1ccc(F)c(S(=O)(=O)NCC(O)CO)c1. The van der Waals surface area contributed by atoms with E-state index in [9.17, 15) is 12.8 Å². The van der Waals surface area contributed by atoms with E-state index in [2.05, 4.69) is 0 Å². The molecule has 0 aliphatic heterocycles. The second-order valence-electron chi connectivity index (χ2n) is 3.38. The molecule has 0 amide bonds. The highest BCUT2D eigenvalue weighted by Gasteiger charge is 2.20. The molecule has 1 unspecified atom stereocenters. The molecule has 1 aromatic rings. The zero-order valence-electron chi connectivity index (χ0n) is 8.80. The van der Waals surface area contributed by atoms with E-state index in [1.54, 1.807) is 0 Å². The van der Waals surface area contributed by atoms with Crippen LogP contribution in [0.5, 0.6) is 0 Å². The van der Waals surface area contributed by atoms with Gasteiger partial charge in [-0.15, -0.1) is 0 Å². The summed E-state index contributed by atoms with van der Waals surface area (Å²) in [4.78, 5) is -0.595. The lowest BCUT2D eigenvalue weighted by molar-refractivity contribution is 0.0988. The summed E-state index contributed by atoms with van der Waals surface area (Å²) in [5, 5.41) is 17.5. The smallest absolute Gasteiger partial charge is 0.243 e. The van der Waals surface area contributed by atoms with Crippen LogP contribution in [-0.4, -0.2) is 37.9 Å². The average molecular weight is 264 g/mol. The summed E-state index contributed by atoms with van der Waals surface area (Å²) in [5.41, 5.74) is 5.46. The highest BCUT2D eigenvalue weighted by atomic mass is 32.2. The number of halogens is 1. The number of nitrogens with two attached hydrogens (primary N) is 1. The maximum absolute atomic E-state index is 13.3. The normalized spacial score (nSPS) is 13.6. The van der Waals surface area contributed by atoms with Crippen molar-refractivity contribution in [3.05, 3.63) is 24.0 Å². The van der Waals surface area contributed by atoms with Gasteiger partial charge in [-0.1, -0.05) is 0 Å². The molecule has 8 heteroatoms. The molecule has 6 nitrogen and oxygen atoms in total. The molecule has 1 rings (SSSR count). The number of hydrogen-bond donors (Lipinski definition) is 4. The molecule has 0 heterocycles. The fraction of sp³-hybridized carbons (Fsp3) is 0.333. The van der Waals surface area contributed by atoms with Crippen molar-refractivity contribution in [2.24, 2.45) is 0 Å². The van der Waals surface area contributed by atoms with Crippen LogP contribution in [0.15, 0.2) is 23.1 Å². The number of anilines is 1. The molecule has 0 radical (unpaired) electrons. The fourth-order valence-electron chi connectivity index (χ4n) is 1.07. The zero-order valence-corrected chi connectivity index (χ0v) is 9.61. The van der Waals surface area contributed by atoms with E-state index < -0.39 is 40.0 Å². The van der Waals surface area contributed by atoms with Crippen molar-refractivity contribution in [1.82, 2.24) is 4.72 Å². The Labute approximate surface area is 97.9 Å². The highest BCUT2D eigenvalue weighted by Crippen LogP contribution is 2.17. The number of nitrogen functional groups attached to an aromatic ring is 1. The summed E-state index contributed by atoms with van der Waals surface area (Å²) in [7, 11) is -4.09. The molecule has 96 valence electrons. The molecule has 1 atom stereocenters. The van der Waals surface area contributed by atoms with Crippen LogP contribution < -0.4 is 10.5 Å². The first-order valence-electron chi connectivity index (χ1n) is 4.70. The minimum atomic E-state index is -4.09. The quantitative estimate of drug-likeness (QED) is 0.512. The summed E-state index contributed by atoms with van der Waals surface area (Å²) >= 11 is 0. The number of sulfonamides is 1. The summed E-state index contributed by atoms with van der Waals surface area (Å²) in [5.74, 6) is -0.940. The van der Waals surface area contributed by atoms with Gasteiger partial charge in [-0.05, 0) is 18.2 Å². The van der Waals surface area contributed by atoms with Crippen LogP contribution in [-0.2, 0) is 10.0 Å². The van der Waals surface area contributed by atoms with Gasteiger partial charge in [0.15, 0.2) is 0 Å². The van der Waals surface area contributed by atoms with Crippen LogP contribution >= 0.6 is 0 Å². The van der Waals surface area contributed by atoms with Crippen LogP contribution in [0.1, 0.15) is 0 Å². The number of hydrogen-bond acceptors (Lipinski definition) is 5. The summed E-state index contributed by atoms with van der Waals surface area (Å²) in [6.07, 6.45) is -1.24. The van der Waals surface area contributed by atoms with Gasteiger partial charge < -0.3 is 15.9 Å². The van der Waals surface area contributed by atoms with Crippen molar-refractivity contribution in [3.8, 4) is 0 Å². The Morgan fingerprint density at radius 2 is 2.12 bits per heavy atom. The van der Waals surface area contributed by atoms with Gasteiger partial charge in [-0.3, -0.25) is 0 Å². The van der Waals surface area contributed by atoms with E-state index in [1.807, 2.05) is 4.72 Å². The van der Waals surface area contributed by atoms with Crippen molar-refractivity contribution in [2.75, 3.05) is 18.9 Å². The fourth-order valence-corrected chi connectivity index (χ4v) is 2.26. The van der Waals surface area contributed by atoms with Crippen molar-refractivity contribution in [2.45, 2.75) is 11.0 Å². The van der Waals surface area contributed by atoms with Gasteiger partial charge in [0.2, 0.25) is 10.0 Å². The number of benzene rings is 1. The third-order valence-electron chi connectivity index (χ3n) is 1.96. The number of rotatable bonds is 5. The highest BCUT2D eigenvalue weighted by molar-refractivity contribution is 7.89.